The van der Waals surface area contributed by atoms with E-state index in [2.05, 4.69) is 0 Å². The van der Waals surface area contributed by atoms with E-state index in [1.807, 2.05) is 0 Å². The topological polar surface area (TPSA) is 76.1 Å². The summed E-state index contributed by atoms with van der Waals surface area (Å²) in [5.41, 5.74) is 1.13. The molecule has 11 heteroatoms. The number of hydrogen-bond acceptors (Lipinski definition) is 7. The largest absolute Gasteiger partial charge is 0.481 e. The van der Waals surface area contributed by atoms with Gasteiger partial charge in [0.25, 0.3) is 5.91 Å². The molecule has 0 saturated carbocycles. The standard InChI is InChI=1S/C23H21F2NO5S3/c24-16-6-5-13(10-17(16)25)15-11-14(33-20(15)22-30-8-9-31-22)12-18-21(29)26(23(32)34-18)7-3-1-2-4-19(27)28/h5-6,10-12,22H,1-4,7-9H2,(H,27,28)/b18-12-. The van der Waals surface area contributed by atoms with Gasteiger partial charge in [0.1, 0.15) is 4.32 Å². The van der Waals surface area contributed by atoms with Crippen LogP contribution in [0.1, 0.15) is 41.7 Å². The molecule has 34 heavy (non-hydrogen) atoms. The van der Waals surface area contributed by atoms with E-state index in [9.17, 15) is 18.4 Å². The van der Waals surface area contributed by atoms with Gasteiger partial charge in [-0.2, -0.15) is 0 Å². The highest BCUT2D eigenvalue weighted by Gasteiger charge is 2.32. The smallest absolute Gasteiger partial charge is 0.303 e. The molecule has 1 aromatic carbocycles. The molecule has 0 aliphatic carbocycles. The van der Waals surface area contributed by atoms with Crippen molar-refractivity contribution >= 4 is 57.6 Å². The monoisotopic (exact) mass is 525 g/mol. The maximum Gasteiger partial charge on any atom is 0.303 e. The number of hydrogen-bond donors (Lipinski definition) is 1. The number of aliphatic carboxylic acids is 1. The van der Waals surface area contributed by atoms with Gasteiger partial charge >= 0.3 is 5.97 Å². The number of halogens is 2. The highest BCUT2D eigenvalue weighted by Crippen LogP contribution is 2.42. The predicted molar refractivity (Wildman–Crippen MR) is 130 cm³/mol. The van der Waals surface area contributed by atoms with Crippen LogP contribution >= 0.6 is 35.3 Å². The molecule has 4 rings (SSSR count). The third-order valence-electron chi connectivity index (χ3n) is 5.27. The molecule has 0 atom stereocenters. The Morgan fingerprint density at radius 2 is 1.94 bits per heavy atom. The van der Waals surface area contributed by atoms with Crippen molar-refractivity contribution in [1.82, 2.24) is 4.90 Å². The van der Waals surface area contributed by atoms with Crippen LogP contribution in [0.2, 0.25) is 0 Å². The van der Waals surface area contributed by atoms with Crippen LogP contribution in [0.4, 0.5) is 8.78 Å². The van der Waals surface area contributed by atoms with Crippen molar-refractivity contribution in [1.29, 1.82) is 0 Å². The third kappa shape index (κ3) is 5.72. The predicted octanol–water partition coefficient (Wildman–Crippen LogP) is 5.58. The van der Waals surface area contributed by atoms with Gasteiger partial charge in [-0.15, -0.1) is 11.3 Å². The summed E-state index contributed by atoms with van der Waals surface area (Å²) in [5.74, 6) is -2.92. The minimum absolute atomic E-state index is 0.105. The average Bonchev–Trinajstić information content (AvgIpc) is 3.51. The molecule has 2 fully saturated rings. The highest BCUT2D eigenvalue weighted by molar-refractivity contribution is 8.26. The number of benzene rings is 1. The molecular formula is C23H21F2NO5S3. The molecule has 180 valence electrons. The van der Waals surface area contributed by atoms with Crippen LogP contribution in [0, 0.1) is 11.6 Å². The Balaban J connectivity index is 1.54. The molecule has 3 heterocycles. The summed E-state index contributed by atoms with van der Waals surface area (Å²) < 4.78 is 39.1. The first kappa shape index (κ1) is 24.9. The Hall–Kier alpha value is -2.18. The Bertz CT molecular complexity index is 1140. The van der Waals surface area contributed by atoms with Gasteiger partial charge in [-0.1, -0.05) is 36.5 Å². The normalized spacial score (nSPS) is 17.9. The summed E-state index contributed by atoms with van der Waals surface area (Å²) in [7, 11) is 0. The molecule has 0 bridgehead atoms. The molecule has 1 N–H and O–H groups in total. The van der Waals surface area contributed by atoms with E-state index in [1.54, 1.807) is 12.1 Å². The zero-order valence-electron chi connectivity index (χ0n) is 17.9. The second-order valence-corrected chi connectivity index (χ2v) is 10.5. The zero-order chi connectivity index (χ0) is 24.2. The summed E-state index contributed by atoms with van der Waals surface area (Å²) in [6.45, 7) is 1.29. The van der Waals surface area contributed by atoms with Crippen LogP contribution in [-0.4, -0.2) is 46.0 Å². The Kier molecular flexibility index (Phi) is 8.10. The summed E-state index contributed by atoms with van der Waals surface area (Å²) in [6.07, 6.45) is 3.12. The van der Waals surface area contributed by atoms with Gasteiger partial charge < -0.3 is 14.6 Å². The van der Waals surface area contributed by atoms with Crippen molar-refractivity contribution in [3.05, 3.63) is 50.6 Å². The number of thiophene rings is 1. The second-order valence-electron chi connectivity index (χ2n) is 7.67. The van der Waals surface area contributed by atoms with E-state index in [-0.39, 0.29) is 12.3 Å². The summed E-state index contributed by atoms with van der Waals surface area (Å²) in [5, 5.41) is 8.73. The number of thiocarbonyl (C=S) groups is 1. The lowest BCUT2D eigenvalue weighted by atomic mass is 10.1. The molecule has 0 spiro atoms. The lowest BCUT2D eigenvalue weighted by molar-refractivity contribution is -0.137. The van der Waals surface area contributed by atoms with E-state index >= 15 is 0 Å². The van der Waals surface area contributed by atoms with E-state index in [0.29, 0.717) is 64.3 Å². The fourth-order valence-electron chi connectivity index (χ4n) is 3.61. The molecule has 2 aromatic rings. The van der Waals surface area contributed by atoms with E-state index < -0.39 is 23.9 Å². The van der Waals surface area contributed by atoms with Gasteiger partial charge in [-0.3, -0.25) is 14.5 Å². The van der Waals surface area contributed by atoms with Crippen molar-refractivity contribution in [2.45, 2.75) is 32.0 Å². The van der Waals surface area contributed by atoms with E-state index in [1.165, 1.54) is 34.1 Å². The van der Waals surface area contributed by atoms with Crippen LogP contribution in [0.3, 0.4) is 0 Å². The number of carboxylic acid groups (broad SMARTS) is 1. The van der Waals surface area contributed by atoms with Crippen LogP contribution < -0.4 is 0 Å². The number of carbonyl (C=O) groups excluding carboxylic acids is 1. The molecule has 0 radical (unpaired) electrons. The second kappa shape index (κ2) is 11.0. The summed E-state index contributed by atoms with van der Waals surface area (Å²) in [4.78, 5) is 27.0. The van der Waals surface area contributed by atoms with Crippen molar-refractivity contribution in [2.24, 2.45) is 0 Å². The Morgan fingerprint density at radius 3 is 2.65 bits per heavy atom. The van der Waals surface area contributed by atoms with Crippen LogP contribution in [0.15, 0.2) is 29.2 Å². The van der Waals surface area contributed by atoms with Crippen molar-refractivity contribution in [2.75, 3.05) is 19.8 Å². The highest BCUT2D eigenvalue weighted by atomic mass is 32.2. The maximum atomic E-state index is 13.9. The van der Waals surface area contributed by atoms with Gasteiger partial charge in [-0.05, 0) is 42.7 Å². The van der Waals surface area contributed by atoms with Crippen molar-refractivity contribution in [3.63, 3.8) is 0 Å². The van der Waals surface area contributed by atoms with Crippen molar-refractivity contribution in [3.8, 4) is 11.1 Å². The fourth-order valence-corrected chi connectivity index (χ4v) is 6.12. The van der Waals surface area contributed by atoms with Gasteiger partial charge in [0.05, 0.1) is 23.0 Å². The quantitative estimate of drug-likeness (QED) is 0.260. The number of nitrogens with zero attached hydrogens (tertiary/aromatic N) is 1. The molecule has 1 amide bonds. The third-order valence-corrected chi connectivity index (χ3v) is 7.75. The van der Waals surface area contributed by atoms with Crippen LogP contribution in [0.25, 0.3) is 17.2 Å². The molecule has 2 aliphatic rings. The summed E-state index contributed by atoms with van der Waals surface area (Å²) in [6, 6.07) is 5.50. The Morgan fingerprint density at radius 1 is 1.18 bits per heavy atom. The number of ether oxygens (including phenoxy) is 2. The lowest BCUT2D eigenvalue weighted by Crippen LogP contribution is -2.29. The minimum atomic E-state index is -0.950. The average molecular weight is 526 g/mol. The van der Waals surface area contributed by atoms with Gasteiger partial charge in [0.2, 0.25) is 0 Å². The molecule has 2 saturated heterocycles. The minimum Gasteiger partial charge on any atom is -0.481 e. The molecule has 6 nitrogen and oxygen atoms in total. The lowest BCUT2D eigenvalue weighted by Gasteiger charge is -2.13. The first-order chi connectivity index (χ1) is 16.3. The molecule has 2 aliphatic heterocycles. The maximum absolute atomic E-state index is 13.9. The van der Waals surface area contributed by atoms with E-state index in [4.69, 9.17) is 26.8 Å². The van der Waals surface area contributed by atoms with Crippen LogP contribution in [0.5, 0.6) is 0 Å². The fraction of sp³-hybridized carbons (Fsp3) is 0.348. The van der Waals surface area contributed by atoms with Crippen molar-refractivity contribution < 1.29 is 33.0 Å². The number of rotatable bonds is 9. The zero-order valence-corrected chi connectivity index (χ0v) is 20.4. The van der Waals surface area contributed by atoms with Gasteiger partial charge in [0.15, 0.2) is 17.9 Å². The number of unbranched alkanes of at least 4 members (excludes halogenated alkanes) is 2. The number of amides is 1. The molecule has 1 aromatic heterocycles. The summed E-state index contributed by atoms with van der Waals surface area (Å²) >= 11 is 7.93. The Labute approximate surface area is 208 Å². The SMILES string of the molecule is O=C(O)CCCCCN1C(=O)/C(=C/c2cc(-c3ccc(F)c(F)c3)c(C3OCCO3)s2)SC1=S. The van der Waals surface area contributed by atoms with Gasteiger partial charge in [-0.25, -0.2) is 8.78 Å². The van der Waals surface area contributed by atoms with Crippen LogP contribution in [-0.2, 0) is 19.1 Å². The first-order valence-electron chi connectivity index (χ1n) is 10.6. The number of carbonyl (C=O) groups is 2. The molecular weight excluding hydrogens is 504 g/mol. The number of thioether (sulfide) groups is 1. The van der Waals surface area contributed by atoms with Gasteiger partial charge in [0, 0.05) is 23.4 Å². The number of carboxylic acids is 1. The van der Waals surface area contributed by atoms with E-state index in [0.717, 1.165) is 17.0 Å². The first-order valence-corrected chi connectivity index (χ1v) is 12.7. The molecule has 0 unspecified atom stereocenters.